The van der Waals surface area contributed by atoms with Gasteiger partial charge in [0.2, 0.25) is 5.91 Å². The summed E-state index contributed by atoms with van der Waals surface area (Å²) in [7, 11) is 1.67. The first-order valence-corrected chi connectivity index (χ1v) is 13.1. The fourth-order valence-corrected chi connectivity index (χ4v) is 5.07. The van der Waals surface area contributed by atoms with Gasteiger partial charge in [-0.15, -0.1) is 0 Å². The minimum absolute atomic E-state index is 0.00195. The molecule has 3 aromatic carbocycles. The minimum Gasteiger partial charge on any atom is -0.497 e. The van der Waals surface area contributed by atoms with Gasteiger partial charge in [-0.25, -0.2) is 0 Å². The third kappa shape index (κ3) is 6.06. The van der Waals surface area contributed by atoms with Crippen LogP contribution in [0.1, 0.15) is 34.7 Å². The maximum absolute atomic E-state index is 13.2. The summed E-state index contributed by atoms with van der Waals surface area (Å²) >= 11 is 6.40. The number of para-hydroxylation sites is 1. The van der Waals surface area contributed by atoms with Gasteiger partial charge in [0, 0.05) is 65.9 Å². The van der Waals surface area contributed by atoms with E-state index in [0.29, 0.717) is 31.0 Å². The molecule has 0 radical (unpaired) electrons. The largest absolute Gasteiger partial charge is 0.497 e. The van der Waals surface area contributed by atoms with E-state index in [-0.39, 0.29) is 11.8 Å². The summed E-state index contributed by atoms with van der Waals surface area (Å²) in [6.07, 6.45) is 4.96. The van der Waals surface area contributed by atoms with Crippen LogP contribution in [0.25, 0.3) is 10.9 Å². The average Bonchev–Trinajstić information content (AvgIpc) is 3.30. The molecule has 5 nitrogen and oxygen atoms in total. The molecule has 0 spiro atoms. The van der Waals surface area contributed by atoms with Gasteiger partial charge in [-0.05, 0) is 59.2 Å². The number of halogens is 1. The first-order valence-electron chi connectivity index (χ1n) is 12.7. The Morgan fingerprint density at radius 1 is 1.00 bits per heavy atom. The molecule has 1 atom stereocenters. The van der Waals surface area contributed by atoms with Crippen molar-refractivity contribution in [2.75, 3.05) is 13.7 Å². The molecule has 0 bridgehead atoms. The van der Waals surface area contributed by atoms with Crippen LogP contribution in [0.2, 0.25) is 5.02 Å². The summed E-state index contributed by atoms with van der Waals surface area (Å²) in [4.78, 5) is 17.5. The highest BCUT2D eigenvalue weighted by Gasteiger charge is 2.23. The highest BCUT2D eigenvalue weighted by molar-refractivity contribution is 6.30. The van der Waals surface area contributed by atoms with Gasteiger partial charge in [-0.3, -0.25) is 9.78 Å². The van der Waals surface area contributed by atoms with Gasteiger partial charge in [0.1, 0.15) is 5.75 Å². The number of amides is 1. The molecule has 6 heteroatoms. The molecule has 5 aromatic rings. The molecule has 0 aliphatic carbocycles. The number of carbonyl (C=O) groups excluding carboxylic acids is 1. The van der Waals surface area contributed by atoms with Crippen LogP contribution < -0.4 is 10.1 Å². The molecule has 38 heavy (non-hydrogen) atoms. The number of carbonyl (C=O) groups is 1. The summed E-state index contributed by atoms with van der Waals surface area (Å²) in [5.41, 5.74) is 5.38. The number of hydrogen-bond donors (Lipinski definition) is 1. The van der Waals surface area contributed by atoms with Crippen LogP contribution in [-0.4, -0.2) is 29.1 Å². The lowest BCUT2D eigenvalue weighted by Gasteiger charge is -2.18. The standard InChI is InChI=1S/C32H30ClN3O2/c1-38-27-14-12-23(13-15-27)21-36-22-30(28-10-2-3-11-31(28)36)29(24-7-6-8-25(33)19-24)20-32(37)35-18-16-26-9-4-5-17-34-26/h2-15,17,19,22,29H,16,18,20-21H2,1H3,(H,35,37). The van der Waals surface area contributed by atoms with Crippen LogP contribution in [0.4, 0.5) is 0 Å². The van der Waals surface area contributed by atoms with Crippen LogP contribution in [0.15, 0.2) is 103 Å². The molecular weight excluding hydrogens is 494 g/mol. The van der Waals surface area contributed by atoms with Crippen molar-refractivity contribution in [2.45, 2.75) is 25.3 Å². The highest BCUT2D eigenvalue weighted by atomic mass is 35.5. The Bertz CT molecular complexity index is 1510. The molecule has 0 fully saturated rings. The first-order chi connectivity index (χ1) is 18.6. The SMILES string of the molecule is COc1ccc(Cn2cc(C(CC(=O)NCCc3ccccn3)c3cccc(Cl)c3)c3ccccc32)cc1. The van der Waals surface area contributed by atoms with Crippen LogP contribution >= 0.6 is 11.6 Å². The van der Waals surface area contributed by atoms with Crippen molar-refractivity contribution in [2.24, 2.45) is 0 Å². The molecule has 1 N–H and O–H groups in total. The van der Waals surface area contributed by atoms with Gasteiger partial charge >= 0.3 is 0 Å². The summed E-state index contributed by atoms with van der Waals surface area (Å²) < 4.78 is 7.57. The number of benzene rings is 3. The van der Waals surface area contributed by atoms with Gasteiger partial charge in [0.25, 0.3) is 0 Å². The van der Waals surface area contributed by atoms with Gasteiger partial charge in [0.05, 0.1) is 7.11 Å². The van der Waals surface area contributed by atoms with E-state index in [1.165, 1.54) is 5.56 Å². The van der Waals surface area contributed by atoms with Gasteiger partial charge < -0.3 is 14.6 Å². The monoisotopic (exact) mass is 523 g/mol. The third-order valence-corrected chi connectivity index (χ3v) is 7.01. The quantitative estimate of drug-likeness (QED) is 0.223. The number of fused-ring (bicyclic) bond motifs is 1. The zero-order chi connectivity index (χ0) is 26.3. The molecule has 5 rings (SSSR count). The number of methoxy groups -OCH3 is 1. The number of rotatable bonds is 10. The molecule has 2 heterocycles. The van der Waals surface area contributed by atoms with Gasteiger partial charge in [-0.2, -0.15) is 0 Å². The number of aromatic nitrogens is 2. The number of ether oxygens (including phenoxy) is 1. The van der Waals surface area contributed by atoms with E-state index < -0.39 is 0 Å². The maximum Gasteiger partial charge on any atom is 0.220 e. The zero-order valence-corrected chi connectivity index (χ0v) is 22.1. The highest BCUT2D eigenvalue weighted by Crippen LogP contribution is 2.36. The molecule has 1 unspecified atom stereocenters. The lowest BCUT2D eigenvalue weighted by atomic mass is 9.88. The lowest BCUT2D eigenvalue weighted by molar-refractivity contribution is -0.121. The Morgan fingerprint density at radius 2 is 1.82 bits per heavy atom. The van der Waals surface area contributed by atoms with E-state index >= 15 is 0 Å². The summed E-state index contributed by atoms with van der Waals surface area (Å²) in [5.74, 6) is 0.686. The molecular formula is C32H30ClN3O2. The third-order valence-electron chi connectivity index (χ3n) is 6.78. The smallest absolute Gasteiger partial charge is 0.220 e. The summed E-state index contributed by atoms with van der Waals surface area (Å²) in [6.45, 7) is 1.25. The van der Waals surface area contributed by atoms with E-state index in [4.69, 9.17) is 16.3 Å². The van der Waals surface area contributed by atoms with Gasteiger partial charge in [-0.1, -0.05) is 60.1 Å². The molecule has 192 valence electrons. The molecule has 0 saturated carbocycles. The Balaban J connectivity index is 1.44. The van der Waals surface area contributed by atoms with Crippen molar-refractivity contribution in [3.63, 3.8) is 0 Å². The van der Waals surface area contributed by atoms with E-state index in [2.05, 4.69) is 51.4 Å². The van der Waals surface area contributed by atoms with E-state index in [9.17, 15) is 4.79 Å². The predicted octanol–water partition coefficient (Wildman–Crippen LogP) is 6.63. The van der Waals surface area contributed by atoms with Gasteiger partial charge in [0.15, 0.2) is 0 Å². The van der Waals surface area contributed by atoms with Crippen LogP contribution in [0.3, 0.4) is 0 Å². The second-order valence-corrected chi connectivity index (χ2v) is 9.75. The van der Waals surface area contributed by atoms with Crippen LogP contribution in [0, 0.1) is 0 Å². The average molecular weight is 524 g/mol. The Kier molecular flexibility index (Phi) is 8.05. The van der Waals surface area contributed by atoms with Crippen molar-refractivity contribution in [1.29, 1.82) is 0 Å². The Labute approximate surface area is 228 Å². The zero-order valence-electron chi connectivity index (χ0n) is 21.3. The Hall–Kier alpha value is -4.09. The lowest BCUT2D eigenvalue weighted by Crippen LogP contribution is -2.27. The van der Waals surface area contributed by atoms with Crippen LogP contribution in [-0.2, 0) is 17.8 Å². The van der Waals surface area contributed by atoms with Crippen LogP contribution in [0.5, 0.6) is 5.75 Å². The number of nitrogens with zero attached hydrogens (tertiary/aromatic N) is 2. The van der Waals surface area contributed by atoms with E-state index in [1.54, 1.807) is 13.3 Å². The normalized spacial score (nSPS) is 11.8. The molecule has 0 aliphatic heterocycles. The maximum atomic E-state index is 13.2. The van der Waals surface area contributed by atoms with Crippen molar-refractivity contribution in [1.82, 2.24) is 14.9 Å². The fraction of sp³-hybridized carbons (Fsp3) is 0.188. The minimum atomic E-state index is -0.148. The first kappa shape index (κ1) is 25.6. The molecule has 0 saturated heterocycles. The van der Waals surface area contributed by atoms with E-state index in [1.807, 2.05) is 60.7 Å². The van der Waals surface area contributed by atoms with E-state index in [0.717, 1.165) is 33.5 Å². The second-order valence-electron chi connectivity index (χ2n) is 9.31. The number of hydrogen-bond acceptors (Lipinski definition) is 3. The molecule has 0 aliphatic rings. The number of pyridine rings is 1. The number of nitrogens with one attached hydrogen (secondary N) is 1. The Morgan fingerprint density at radius 3 is 2.58 bits per heavy atom. The summed E-state index contributed by atoms with van der Waals surface area (Å²) in [6, 6.07) is 30.1. The molecule has 2 aromatic heterocycles. The summed E-state index contributed by atoms with van der Waals surface area (Å²) in [5, 5.41) is 4.88. The van der Waals surface area contributed by atoms with Crippen molar-refractivity contribution >= 4 is 28.4 Å². The second kappa shape index (κ2) is 12.0. The fourth-order valence-electron chi connectivity index (χ4n) is 4.88. The van der Waals surface area contributed by atoms with Crippen molar-refractivity contribution < 1.29 is 9.53 Å². The molecule has 1 amide bonds. The van der Waals surface area contributed by atoms with Crippen molar-refractivity contribution in [3.8, 4) is 5.75 Å². The van der Waals surface area contributed by atoms with Crippen molar-refractivity contribution in [3.05, 3.63) is 131 Å². The predicted molar refractivity (Wildman–Crippen MR) is 153 cm³/mol. The topological polar surface area (TPSA) is 56.1 Å².